The smallest absolute Gasteiger partial charge is 0.146 e. The Hall–Kier alpha value is -1.22. The van der Waals surface area contributed by atoms with Gasteiger partial charge in [-0.2, -0.15) is 0 Å². The van der Waals surface area contributed by atoms with Crippen molar-refractivity contribution >= 4 is 0 Å². The van der Waals surface area contributed by atoms with E-state index in [1.54, 1.807) is 7.11 Å². The van der Waals surface area contributed by atoms with E-state index in [-0.39, 0.29) is 0 Å². The topological polar surface area (TPSA) is 18.5 Å². The van der Waals surface area contributed by atoms with Crippen LogP contribution in [-0.4, -0.2) is 20.5 Å². The first-order chi connectivity index (χ1) is 9.85. The number of unbranched alkanes of at least 4 members (excludes halogenated alkanes) is 2. The van der Waals surface area contributed by atoms with Gasteiger partial charge in [-0.3, -0.25) is 0 Å². The van der Waals surface area contributed by atoms with Gasteiger partial charge in [0, 0.05) is 33.0 Å². The van der Waals surface area contributed by atoms with Gasteiger partial charge in [-0.1, -0.05) is 18.9 Å². The fraction of sp³-hybridized carbons (Fsp3) is 0.667. The van der Waals surface area contributed by atoms with Crippen molar-refractivity contribution in [3.05, 3.63) is 12.7 Å². The molecule has 2 heteroatoms. The Labute approximate surface area is 124 Å². The molecule has 2 nitrogen and oxygen atoms in total. The summed E-state index contributed by atoms with van der Waals surface area (Å²) in [6.45, 7) is 5.01. The van der Waals surface area contributed by atoms with Crippen LogP contribution in [-0.2, 0) is 9.47 Å². The summed E-state index contributed by atoms with van der Waals surface area (Å²) in [6.07, 6.45) is 15.4. The van der Waals surface area contributed by atoms with Gasteiger partial charge in [0.05, 0.1) is 0 Å². The van der Waals surface area contributed by atoms with Crippen LogP contribution in [0.5, 0.6) is 0 Å². The zero-order valence-electron chi connectivity index (χ0n) is 12.8. The van der Waals surface area contributed by atoms with E-state index < -0.39 is 0 Å². The first kappa shape index (κ1) is 18.8. The largest absolute Gasteiger partial charge is 0.359 e. The molecule has 0 aromatic rings. The van der Waals surface area contributed by atoms with Gasteiger partial charge in [-0.05, 0) is 25.2 Å². The van der Waals surface area contributed by atoms with Crippen LogP contribution in [0.15, 0.2) is 12.7 Å². The number of methoxy groups -OCH3 is 1. The number of rotatable bonds is 12. The molecule has 0 aliphatic heterocycles. The molecule has 0 saturated heterocycles. The van der Waals surface area contributed by atoms with E-state index >= 15 is 0 Å². The van der Waals surface area contributed by atoms with Crippen molar-refractivity contribution in [3.8, 4) is 24.2 Å². The average molecular weight is 276 g/mol. The minimum atomic E-state index is 0.392. The molecule has 0 radical (unpaired) electrons. The normalized spacial score (nSPS) is 11.2. The average Bonchev–Trinajstić information content (AvgIpc) is 2.46. The first-order valence-electron chi connectivity index (χ1n) is 7.41. The fourth-order valence-electron chi connectivity index (χ4n) is 1.98. The molecule has 112 valence electrons. The van der Waals surface area contributed by atoms with Crippen LogP contribution in [0.25, 0.3) is 0 Å². The molecule has 0 bridgehead atoms. The molecule has 20 heavy (non-hydrogen) atoms. The highest BCUT2D eigenvalue weighted by molar-refractivity contribution is 5.02. The summed E-state index contributed by atoms with van der Waals surface area (Å²) in [5.41, 5.74) is 0. The summed E-state index contributed by atoms with van der Waals surface area (Å²) in [7, 11) is 1.64. The summed E-state index contributed by atoms with van der Waals surface area (Å²) >= 11 is 0. The maximum Gasteiger partial charge on any atom is 0.146 e. The van der Waals surface area contributed by atoms with Crippen molar-refractivity contribution < 1.29 is 9.47 Å². The van der Waals surface area contributed by atoms with Crippen LogP contribution in [0.3, 0.4) is 0 Å². The number of allylic oxidation sites excluding steroid dienone is 1. The molecule has 0 heterocycles. The van der Waals surface area contributed by atoms with E-state index in [2.05, 4.69) is 24.3 Å². The monoisotopic (exact) mass is 276 g/mol. The van der Waals surface area contributed by atoms with Crippen LogP contribution in [0.2, 0.25) is 0 Å². The van der Waals surface area contributed by atoms with Gasteiger partial charge in [-0.25, -0.2) is 0 Å². The highest BCUT2D eigenvalue weighted by atomic mass is 16.7. The Morgan fingerprint density at radius 3 is 2.65 bits per heavy atom. The molecule has 0 saturated carbocycles. The molecule has 0 fully saturated rings. The molecule has 0 aliphatic carbocycles. The van der Waals surface area contributed by atoms with E-state index in [0.29, 0.717) is 12.7 Å². The van der Waals surface area contributed by atoms with Crippen molar-refractivity contribution in [2.75, 3.05) is 20.5 Å². The van der Waals surface area contributed by atoms with Crippen LogP contribution in [0.1, 0.15) is 51.4 Å². The van der Waals surface area contributed by atoms with Crippen LogP contribution in [0, 0.1) is 30.1 Å². The minimum Gasteiger partial charge on any atom is -0.359 e. The van der Waals surface area contributed by atoms with E-state index in [4.69, 9.17) is 15.9 Å². The van der Waals surface area contributed by atoms with E-state index in [1.165, 1.54) is 12.8 Å². The minimum absolute atomic E-state index is 0.392. The van der Waals surface area contributed by atoms with Crippen molar-refractivity contribution in [2.24, 2.45) is 5.92 Å². The molecule has 0 rings (SSSR count). The zero-order valence-corrected chi connectivity index (χ0v) is 12.8. The Kier molecular flexibility index (Phi) is 14.9. The molecule has 0 amide bonds. The van der Waals surface area contributed by atoms with Gasteiger partial charge in [-0.15, -0.1) is 30.8 Å². The summed E-state index contributed by atoms with van der Waals surface area (Å²) in [5, 5.41) is 0. The van der Waals surface area contributed by atoms with Gasteiger partial charge in [0.1, 0.15) is 6.79 Å². The Bertz CT molecular complexity index is 317. The second-order valence-corrected chi connectivity index (χ2v) is 4.80. The van der Waals surface area contributed by atoms with Gasteiger partial charge in [0.2, 0.25) is 0 Å². The number of terminal acetylenes is 1. The Balaban J connectivity index is 3.66. The Morgan fingerprint density at radius 1 is 1.15 bits per heavy atom. The zero-order chi connectivity index (χ0) is 14.9. The molecule has 0 aromatic heterocycles. The predicted molar refractivity (Wildman–Crippen MR) is 85.1 cm³/mol. The van der Waals surface area contributed by atoms with Gasteiger partial charge < -0.3 is 9.47 Å². The van der Waals surface area contributed by atoms with Gasteiger partial charge in [0.15, 0.2) is 0 Å². The lowest BCUT2D eigenvalue weighted by atomic mass is 9.93. The third-order valence-electron chi connectivity index (χ3n) is 3.05. The van der Waals surface area contributed by atoms with Gasteiger partial charge >= 0.3 is 0 Å². The quantitative estimate of drug-likeness (QED) is 0.230. The molecular weight excluding hydrogens is 248 g/mol. The van der Waals surface area contributed by atoms with Crippen molar-refractivity contribution in [3.63, 3.8) is 0 Å². The van der Waals surface area contributed by atoms with E-state index in [1.807, 2.05) is 6.08 Å². The third-order valence-corrected chi connectivity index (χ3v) is 3.05. The molecular formula is C18H28O2. The summed E-state index contributed by atoms with van der Waals surface area (Å²) in [6, 6.07) is 0. The summed E-state index contributed by atoms with van der Waals surface area (Å²) in [4.78, 5) is 0. The maximum absolute atomic E-state index is 5.28. The lowest BCUT2D eigenvalue weighted by Crippen LogP contribution is -2.02. The lowest BCUT2D eigenvalue weighted by Gasteiger charge is -2.13. The standard InChI is InChI=1S/C18H28O2/c1-4-6-7-8-9-10-14-18(13-5-2)15-11-12-16-20-17-19-3/h1,5,18H,2,6-7,10-17H2,3H3. The number of hydrogen-bond donors (Lipinski definition) is 0. The lowest BCUT2D eigenvalue weighted by molar-refractivity contribution is -0.0317. The van der Waals surface area contributed by atoms with Crippen LogP contribution < -0.4 is 0 Å². The van der Waals surface area contributed by atoms with Crippen LogP contribution >= 0.6 is 0 Å². The SMILES string of the molecule is C#CCCC#CCCC(CC=C)CCCCOCOC. The molecule has 1 atom stereocenters. The Morgan fingerprint density at radius 2 is 1.95 bits per heavy atom. The van der Waals surface area contributed by atoms with Crippen molar-refractivity contribution in [1.82, 2.24) is 0 Å². The number of ether oxygens (including phenoxy) is 2. The first-order valence-corrected chi connectivity index (χ1v) is 7.41. The molecule has 0 aliphatic rings. The highest BCUT2D eigenvalue weighted by Gasteiger charge is 2.05. The van der Waals surface area contributed by atoms with E-state index in [9.17, 15) is 0 Å². The van der Waals surface area contributed by atoms with Crippen molar-refractivity contribution in [2.45, 2.75) is 51.4 Å². The highest BCUT2D eigenvalue weighted by Crippen LogP contribution is 2.19. The molecule has 0 spiro atoms. The molecule has 0 aromatic carbocycles. The predicted octanol–water partition coefficient (Wildman–Crippen LogP) is 4.17. The molecule has 1 unspecified atom stereocenters. The summed E-state index contributed by atoms with van der Waals surface area (Å²) in [5.74, 6) is 9.62. The second kappa shape index (κ2) is 15.8. The fourth-order valence-corrected chi connectivity index (χ4v) is 1.98. The maximum atomic E-state index is 5.28. The van der Waals surface area contributed by atoms with Crippen molar-refractivity contribution in [1.29, 1.82) is 0 Å². The van der Waals surface area contributed by atoms with Crippen LogP contribution in [0.4, 0.5) is 0 Å². The number of hydrogen-bond acceptors (Lipinski definition) is 2. The second-order valence-electron chi connectivity index (χ2n) is 4.80. The summed E-state index contributed by atoms with van der Waals surface area (Å²) < 4.78 is 10.1. The molecule has 0 N–H and O–H groups in total. The van der Waals surface area contributed by atoms with Gasteiger partial charge in [0.25, 0.3) is 0 Å². The van der Waals surface area contributed by atoms with E-state index in [0.717, 1.165) is 45.1 Å². The third kappa shape index (κ3) is 13.2.